The molecule has 6 atom stereocenters. The summed E-state index contributed by atoms with van der Waals surface area (Å²) in [6.45, 7) is 4.68. The normalized spacial score (nSPS) is 16.9. The molecule has 12 nitrogen and oxygen atoms in total. The van der Waals surface area contributed by atoms with Crippen LogP contribution in [0.3, 0.4) is 0 Å². The SMILES string of the molecule is CCC(C)C(NC(=O)C(CS)NC(=O)C(N)C(C)O)C(=O)NC(CC(=O)O)C(=O)O. The summed E-state index contributed by atoms with van der Waals surface area (Å²) in [5, 5.41) is 34.1. The molecule has 0 spiro atoms. The molecule has 172 valence electrons. The number of carbonyl (C=O) groups is 5. The van der Waals surface area contributed by atoms with Gasteiger partial charge in [0.15, 0.2) is 0 Å². The molecule has 6 unspecified atom stereocenters. The highest BCUT2D eigenvalue weighted by molar-refractivity contribution is 7.80. The smallest absolute Gasteiger partial charge is 0.326 e. The van der Waals surface area contributed by atoms with Gasteiger partial charge in [0.2, 0.25) is 17.7 Å². The Morgan fingerprint density at radius 2 is 1.47 bits per heavy atom. The third kappa shape index (κ3) is 8.97. The Kier molecular flexibility index (Phi) is 12.0. The second-order valence-corrected chi connectivity index (χ2v) is 7.24. The molecule has 0 rings (SSSR count). The van der Waals surface area contributed by atoms with Crippen LogP contribution in [0.4, 0.5) is 0 Å². The Labute approximate surface area is 179 Å². The zero-order valence-corrected chi connectivity index (χ0v) is 17.9. The third-order valence-corrected chi connectivity index (χ3v) is 4.79. The van der Waals surface area contributed by atoms with Crippen LogP contribution in [-0.4, -0.2) is 81.0 Å². The number of carbonyl (C=O) groups excluding carboxylic acids is 3. The van der Waals surface area contributed by atoms with Crippen LogP contribution in [0.5, 0.6) is 0 Å². The highest BCUT2D eigenvalue weighted by atomic mass is 32.1. The number of carboxylic acids is 2. The van der Waals surface area contributed by atoms with Crippen LogP contribution >= 0.6 is 12.6 Å². The van der Waals surface area contributed by atoms with Gasteiger partial charge in [0, 0.05) is 5.75 Å². The van der Waals surface area contributed by atoms with Gasteiger partial charge in [-0.05, 0) is 12.8 Å². The number of hydrogen-bond acceptors (Lipinski definition) is 8. The van der Waals surface area contributed by atoms with Crippen LogP contribution in [-0.2, 0) is 24.0 Å². The predicted molar refractivity (Wildman–Crippen MR) is 109 cm³/mol. The average Bonchev–Trinajstić information content (AvgIpc) is 2.67. The quantitative estimate of drug-likeness (QED) is 0.141. The summed E-state index contributed by atoms with van der Waals surface area (Å²) in [5.41, 5.74) is 5.52. The minimum Gasteiger partial charge on any atom is -0.481 e. The summed E-state index contributed by atoms with van der Waals surface area (Å²) >= 11 is 4.00. The number of hydrogen-bond donors (Lipinski definition) is 8. The van der Waals surface area contributed by atoms with Crippen LogP contribution in [0.15, 0.2) is 0 Å². The molecule has 8 N–H and O–H groups in total. The highest BCUT2D eigenvalue weighted by Crippen LogP contribution is 2.10. The molecule has 3 amide bonds. The van der Waals surface area contributed by atoms with E-state index in [1.807, 2.05) is 0 Å². The first-order chi connectivity index (χ1) is 13.8. The summed E-state index contributed by atoms with van der Waals surface area (Å²) in [4.78, 5) is 59.1. The van der Waals surface area contributed by atoms with Gasteiger partial charge < -0.3 is 37.0 Å². The van der Waals surface area contributed by atoms with Gasteiger partial charge in [0.1, 0.15) is 24.2 Å². The zero-order chi connectivity index (χ0) is 23.6. The van der Waals surface area contributed by atoms with E-state index in [-0.39, 0.29) is 5.75 Å². The Morgan fingerprint density at radius 1 is 0.933 bits per heavy atom. The molecule has 0 saturated carbocycles. The van der Waals surface area contributed by atoms with Gasteiger partial charge in [-0.1, -0.05) is 20.3 Å². The van der Waals surface area contributed by atoms with E-state index in [9.17, 15) is 29.1 Å². The summed E-state index contributed by atoms with van der Waals surface area (Å²) in [7, 11) is 0. The molecule has 0 bridgehead atoms. The van der Waals surface area contributed by atoms with Gasteiger partial charge in [-0.2, -0.15) is 12.6 Å². The van der Waals surface area contributed by atoms with E-state index >= 15 is 0 Å². The van der Waals surface area contributed by atoms with Crippen molar-refractivity contribution in [1.29, 1.82) is 0 Å². The minimum atomic E-state index is -1.68. The van der Waals surface area contributed by atoms with E-state index < -0.39 is 72.3 Å². The maximum atomic E-state index is 12.6. The number of aliphatic hydroxyl groups excluding tert-OH is 1. The number of amides is 3. The second-order valence-electron chi connectivity index (χ2n) is 6.88. The van der Waals surface area contributed by atoms with Gasteiger partial charge >= 0.3 is 11.9 Å². The van der Waals surface area contributed by atoms with Crippen molar-refractivity contribution in [3.63, 3.8) is 0 Å². The first kappa shape index (κ1) is 27.6. The first-order valence-corrected chi connectivity index (χ1v) is 9.89. The van der Waals surface area contributed by atoms with Gasteiger partial charge in [0.25, 0.3) is 0 Å². The summed E-state index contributed by atoms with van der Waals surface area (Å²) in [6, 6.07) is -5.33. The van der Waals surface area contributed by atoms with Crippen molar-refractivity contribution in [1.82, 2.24) is 16.0 Å². The molecule has 0 aromatic rings. The lowest BCUT2D eigenvalue weighted by atomic mass is 9.97. The van der Waals surface area contributed by atoms with E-state index in [0.717, 1.165) is 0 Å². The number of aliphatic hydroxyl groups is 1. The van der Waals surface area contributed by atoms with Gasteiger partial charge in [-0.25, -0.2) is 4.79 Å². The lowest BCUT2D eigenvalue weighted by molar-refractivity contribution is -0.147. The maximum Gasteiger partial charge on any atom is 0.326 e. The number of carboxylic acid groups (broad SMARTS) is 2. The van der Waals surface area contributed by atoms with Crippen molar-refractivity contribution in [2.45, 2.75) is 63.9 Å². The molecule has 0 heterocycles. The van der Waals surface area contributed by atoms with Crippen LogP contribution in [0.25, 0.3) is 0 Å². The molecule has 0 fully saturated rings. The van der Waals surface area contributed by atoms with Gasteiger partial charge in [0.05, 0.1) is 12.5 Å². The first-order valence-electron chi connectivity index (χ1n) is 9.25. The lowest BCUT2D eigenvalue weighted by Gasteiger charge is -2.27. The van der Waals surface area contributed by atoms with Crippen molar-refractivity contribution in [3.05, 3.63) is 0 Å². The fourth-order valence-electron chi connectivity index (χ4n) is 2.27. The summed E-state index contributed by atoms with van der Waals surface area (Å²) in [5.74, 6) is -5.99. The molecule has 0 aromatic heterocycles. The minimum absolute atomic E-state index is 0.143. The van der Waals surface area contributed by atoms with Crippen LogP contribution in [0.1, 0.15) is 33.6 Å². The molecule has 0 aromatic carbocycles. The number of nitrogens with one attached hydrogen (secondary N) is 3. The largest absolute Gasteiger partial charge is 0.481 e. The Bertz CT molecular complexity index is 645. The monoisotopic (exact) mass is 450 g/mol. The van der Waals surface area contributed by atoms with E-state index in [4.69, 9.17) is 15.9 Å². The molecule has 0 aliphatic carbocycles. The Hall–Kier alpha value is -2.38. The van der Waals surface area contributed by atoms with Crippen molar-refractivity contribution in [3.8, 4) is 0 Å². The molecule has 0 aliphatic heterocycles. The van der Waals surface area contributed by atoms with E-state index in [1.54, 1.807) is 13.8 Å². The van der Waals surface area contributed by atoms with Crippen LogP contribution < -0.4 is 21.7 Å². The Morgan fingerprint density at radius 3 is 1.87 bits per heavy atom. The van der Waals surface area contributed by atoms with E-state index in [0.29, 0.717) is 6.42 Å². The fraction of sp³-hybridized carbons (Fsp3) is 0.706. The molecular formula is C17H30N4O8S. The molecule has 0 radical (unpaired) electrons. The topological polar surface area (TPSA) is 208 Å². The molecule has 0 saturated heterocycles. The summed E-state index contributed by atoms with van der Waals surface area (Å²) in [6.07, 6.45) is -1.57. The standard InChI is InChI=1S/C17H30N4O8S/c1-4-7(2)13(16(27)19-9(17(28)29)5-11(23)24)21-14(25)10(6-30)20-15(26)12(18)8(3)22/h7-10,12-13,22,30H,4-6,18H2,1-3H3,(H,19,27)(H,20,26)(H,21,25)(H,23,24)(H,28,29). The third-order valence-electron chi connectivity index (χ3n) is 4.42. The second kappa shape index (κ2) is 13.0. The number of aliphatic carboxylic acids is 2. The van der Waals surface area contributed by atoms with Crippen LogP contribution in [0, 0.1) is 5.92 Å². The Balaban J connectivity index is 5.36. The lowest BCUT2D eigenvalue weighted by Crippen LogP contribution is -2.60. The molecule has 13 heteroatoms. The van der Waals surface area contributed by atoms with Crippen molar-refractivity contribution < 1.29 is 39.3 Å². The van der Waals surface area contributed by atoms with Crippen LogP contribution in [0.2, 0.25) is 0 Å². The van der Waals surface area contributed by atoms with E-state index in [1.165, 1.54) is 6.92 Å². The van der Waals surface area contributed by atoms with Crippen molar-refractivity contribution in [2.75, 3.05) is 5.75 Å². The zero-order valence-electron chi connectivity index (χ0n) is 17.0. The van der Waals surface area contributed by atoms with Crippen molar-refractivity contribution >= 4 is 42.3 Å². The maximum absolute atomic E-state index is 12.6. The number of nitrogens with two attached hydrogens (primary N) is 1. The van der Waals surface area contributed by atoms with Gasteiger partial charge in [-0.3, -0.25) is 19.2 Å². The molecular weight excluding hydrogens is 420 g/mol. The van der Waals surface area contributed by atoms with Gasteiger partial charge in [-0.15, -0.1) is 0 Å². The molecule has 0 aliphatic rings. The van der Waals surface area contributed by atoms with Crippen molar-refractivity contribution in [2.24, 2.45) is 11.7 Å². The molecule has 30 heavy (non-hydrogen) atoms. The highest BCUT2D eigenvalue weighted by Gasteiger charge is 2.33. The average molecular weight is 451 g/mol. The number of rotatable bonds is 13. The fourth-order valence-corrected chi connectivity index (χ4v) is 2.53. The summed E-state index contributed by atoms with van der Waals surface area (Å²) < 4.78 is 0. The number of thiol groups is 1. The predicted octanol–water partition coefficient (Wildman–Crippen LogP) is -2.32. The van der Waals surface area contributed by atoms with E-state index in [2.05, 4.69) is 28.6 Å².